The number of carbonyl (C=O) groups excluding carboxylic acids is 1. The number of anilines is 1. The Bertz CT molecular complexity index is 606. The molecule has 7 heteroatoms. The monoisotopic (exact) mass is 247 g/mol. The van der Waals surface area contributed by atoms with Gasteiger partial charge in [-0.2, -0.15) is 0 Å². The second-order valence-corrected chi connectivity index (χ2v) is 3.47. The summed E-state index contributed by atoms with van der Waals surface area (Å²) in [5, 5.41) is 18.3. The predicted molar refractivity (Wildman–Crippen MR) is 60.4 cm³/mol. The lowest BCUT2D eigenvalue weighted by atomic mass is 10.1. The summed E-state index contributed by atoms with van der Waals surface area (Å²) >= 11 is 0. The van der Waals surface area contributed by atoms with Crippen LogP contribution in [0.5, 0.6) is 0 Å². The third-order valence-electron chi connectivity index (χ3n) is 2.12. The lowest BCUT2D eigenvalue weighted by Crippen LogP contribution is -2.13. The maximum atomic E-state index is 11.8. The summed E-state index contributed by atoms with van der Waals surface area (Å²) in [4.78, 5) is 22.5. The standard InChI is InChI=1S/C11H9N3O4/c1-6-13-14-11(18-6)12-9(15)7-3-2-4-8(5-7)10(16)17/h2-5H,1H3,(H,16,17)(H,12,14,15). The average molecular weight is 247 g/mol. The molecule has 0 radical (unpaired) electrons. The molecule has 0 bridgehead atoms. The van der Waals surface area contributed by atoms with Crippen LogP contribution in [0.15, 0.2) is 28.7 Å². The van der Waals surface area contributed by atoms with Crippen LogP contribution in [0.4, 0.5) is 6.01 Å². The van der Waals surface area contributed by atoms with Gasteiger partial charge in [0.25, 0.3) is 5.91 Å². The van der Waals surface area contributed by atoms with E-state index in [0.717, 1.165) is 0 Å². The second kappa shape index (κ2) is 4.66. The first-order chi connectivity index (χ1) is 8.56. The molecule has 2 aromatic rings. The molecule has 2 rings (SSSR count). The third kappa shape index (κ3) is 2.51. The minimum Gasteiger partial charge on any atom is -0.478 e. The quantitative estimate of drug-likeness (QED) is 0.847. The van der Waals surface area contributed by atoms with E-state index in [4.69, 9.17) is 9.52 Å². The number of hydrogen-bond donors (Lipinski definition) is 2. The highest BCUT2D eigenvalue weighted by Gasteiger charge is 2.12. The number of hydrogen-bond acceptors (Lipinski definition) is 5. The van der Waals surface area contributed by atoms with E-state index in [1.807, 2.05) is 0 Å². The number of carboxylic acid groups (broad SMARTS) is 1. The van der Waals surface area contributed by atoms with E-state index in [-0.39, 0.29) is 17.1 Å². The summed E-state index contributed by atoms with van der Waals surface area (Å²) in [5.41, 5.74) is 0.232. The van der Waals surface area contributed by atoms with Crippen molar-refractivity contribution < 1.29 is 19.1 Å². The van der Waals surface area contributed by atoms with Crippen LogP contribution in [0.3, 0.4) is 0 Å². The van der Waals surface area contributed by atoms with Crippen LogP contribution in [0.25, 0.3) is 0 Å². The molecule has 18 heavy (non-hydrogen) atoms. The van der Waals surface area contributed by atoms with Crippen LogP contribution < -0.4 is 5.32 Å². The summed E-state index contributed by atoms with van der Waals surface area (Å²) in [7, 11) is 0. The Morgan fingerprint density at radius 1 is 1.28 bits per heavy atom. The number of carboxylic acids is 1. The zero-order valence-corrected chi connectivity index (χ0v) is 9.38. The number of aromatic carboxylic acids is 1. The van der Waals surface area contributed by atoms with Crippen molar-refractivity contribution in [1.29, 1.82) is 0 Å². The molecule has 0 aliphatic heterocycles. The Hall–Kier alpha value is -2.70. The topological polar surface area (TPSA) is 105 Å². The molecule has 1 amide bonds. The van der Waals surface area contributed by atoms with E-state index in [1.165, 1.54) is 24.3 Å². The van der Waals surface area contributed by atoms with Gasteiger partial charge in [0.15, 0.2) is 0 Å². The van der Waals surface area contributed by atoms with E-state index >= 15 is 0 Å². The van der Waals surface area contributed by atoms with Crippen LogP contribution in [-0.4, -0.2) is 27.2 Å². The van der Waals surface area contributed by atoms with E-state index < -0.39 is 11.9 Å². The van der Waals surface area contributed by atoms with E-state index in [0.29, 0.717) is 5.89 Å². The molecule has 0 unspecified atom stereocenters. The van der Waals surface area contributed by atoms with Crippen LogP contribution >= 0.6 is 0 Å². The van der Waals surface area contributed by atoms with Crippen LogP contribution in [0, 0.1) is 6.92 Å². The molecular weight excluding hydrogens is 238 g/mol. The average Bonchev–Trinajstić information content (AvgIpc) is 2.75. The van der Waals surface area contributed by atoms with Gasteiger partial charge in [0.2, 0.25) is 5.89 Å². The summed E-state index contributed by atoms with van der Waals surface area (Å²) in [6.45, 7) is 1.59. The summed E-state index contributed by atoms with van der Waals surface area (Å²) in [6, 6.07) is 5.61. The predicted octanol–water partition coefficient (Wildman–Crippen LogP) is 1.33. The fraction of sp³-hybridized carbons (Fsp3) is 0.0909. The van der Waals surface area contributed by atoms with Gasteiger partial charge in [-0.15, -0.1) is 5.10 Å². The molecule has 1 aromatic heterocycles. The molecule has 2 N–H and O–H groups in total. The Labute approximate surface area is 101 Å². The Kier molecular flexibility index (Phi) is 3.05. The first kappa shape index (κ1) is 11.8. The number of benzene rings is 1. The number of nitrogens with zero attached hydrogens (tertiary/aromatic N) is 2. The first-order valence-electron chi connectivity index (χ1n) is 5.01. The fourth-order valence-electron chi connectivity index (χ4n) is 1.31. The van der Waals surface area contributed by atoms with E-state index in [1.54, 1.807) is 6.92 Å². The summed E-state index contributed by atoms with van der Waals surface area (Å²) < 4.78 is 4.98. The van der Waals surface area contributed by atoms with Gasteiger partial charge in [-0.1, -0.05) is 11.2 Å². The van der Waals surface area contributed by atoms with Crippen molar-refractivity contribution in [2.75, 3.05) is 5.32 Å². The van der Waals surface area contributed by atoms with Crippen molar-refractivity contribution >= 4 is 17.9 Å². The largest absolute Gasteiger partial charge is 0.478 e. The molecule has 92 valence electrons. The molecule has 0 atom stereocenters. The highest BCUT2D eigenvalue weighted by atomic mass is 16.4. The molecule has 0 aliphatic rings. The SMILES string of the molecule is Cc1nnc(NC(=O)c2cccc(C(=O)O)c2)o1. The number of amides is 1. The molecule has 0 aliphatic carbocycles. The zero-order valence-electron chi connectivity index (χ0n) is 9.38. The second-order valence-electron chi connectivity index (χ2n) is 3.47. The molecule has 0 fully saturated rings. The molecule has 1 aromatic carbocycles. The van der Waals surface area contributed by atoms with Gasteiger partial charge in [0.1, 0.15) is 0 Å². The fourth-order valence-corrected chi connectivity index (χ4v) is 1.31. The van der Waals surface area contributed by atoms with Gasteiger partial charge >= 0.3 is 12.0 Å². The highest BCUT2D eigenvalue weighted by molar-refractivity contribution is 6.04. The number of carbonyl (C=O) groups is 2. The van der Waals surface area contributed by atoms with Crippen LogP contribution in [0.2, 0.25) is 0 Å². The lowest BCUT2D eigenvalue weighted by molar-refractivity contribution is 0.0697. The number of nitrogens with one attached hydrogen (secondary N) is 1. The van der Waals surface area contributed by atoms with Crippen molar-refractivity contribution in [1.82, 2.24) is 10.2 Å². The van der Waals surface area contributed by atoms with Crippen LogP contribution in [0.1, 0.15) is 26.6 Å². The first-order valence-corrected chi connectivity index (χ1v) is 5.01. The van der Waals surface area contributed by atoms with Gasteiger partial charge in [0.05, 0.1) is 5.56 Å². The number of rotatable bonds is 3. The Balaban J connectivity index is 2.18. The lowest BCUT2D eigenvalue weighted by Gasteiger charge is -2.01. The number of aromatic nitrogens is 2. The third-order valence-corrected chi connectivity index (χ3v) is 2.12. The number of aryl methyl sites for hydroxylation is 1. The summed E-state index contributed by atoms with van der Waals surface area (Å²) in [6.07, 6.45) is 0. The molecule has 0 spiro atoms. The highest BCUT2D eigenvalue weighted by Crippen LogP contribution is 2.09. The zero-order chi connectivity index (χ0) is 13.1. The van der Waals surface area contributed by atoms with Gasteiger partial charge in [-0.05, 0) is 18.2 Å². The van der Waals surface area contributed by atoms with Gasteiger partial charge < -0.3 is 9.52 Å². The molecular formula is C11H9N3O4. The minimum atomic E-state index is -1.10. The van der Waals surface area contributed by atoms with Crippen LogP contribution in [-0.2, 0) is 0 Å². The molecule has 0 saturated heterocycles. The summed E-state index contributed by atoms with van der Waals surface area (Å²) in [5.74, 6) is -1.29. The Morgan fingerprint density at radius 3 is 2.61 bits per heavy atom. The molecule has 0 saturated carbocycles. The molecule has 7 nitrogen and oxygen atoms in total. The van der Waals surface area contributed by atoms with Crippen molar-refractivity contribution in [3.8, 4) is 0 Å². The minimum absolute atomic E-state index is 0.0294. The van der Waals surface area contributed by atoms with Gasteiger partial charge in [0, 0.05) is 12.5 Å². The molecule has 1 heterocycles. The van der Waals surface area contributed by atoms with Gasteiger partial charge in [-0.3, -0.25) is 10.1 Å². The van der Waals surface area contributed by atoms with E-state index in [9.17, 15) is 9.59 Å². The van der Waals surface area contributed by atoms with E-state index in [2.05, 4.69) is 15.5 Å². The maximum absolute atomic E-state index is 11.8. The van der Waals surface area contributed by atoms with Crippen molar-refractivity contribution in [2.45, 2.75) is 6.92 Å². The van der Waals surface area contributed by atoms with Crippen molar-refractivity contribution in [2.24, 2.45) is 0 Å². The van der Waals surface area contributed by atoms with Crippen molar-refractivity contribution in [3.63, 3.8) is 0 Å². The Morgan fingerprint density at radius 2 is 2.00 bits per heavy atom. The smallest absolute Gasteiger partial charge is 0.335 e. The normalized spacial score (nSPS) is 10.1. The maximum Gasteiger partial charge on any atom is 0.335 e. The van der Waals surface area contributed by atoms with Crippen molar-refractivity contribution in [3.05, 3.63) is 41.3 Å². The van der Waals surface area contributed by atoms with Gasteiger partial charge in [-0.25, -0.2) is 4.79 Å².